The molecule has 1 aliphatic heterocycles. The van der Waals surface area contributed by atoms with Gasteiger partial charge in [-0.05, 0) is 44.9 Å². The van der Waals surface area contributed by atoms with Gasteiger partial charge in [0.2, 0.25) is 5.91 Å². The zero-order valence-corrected chi connectivity index (χ0v) is 13.7. The van der Waals surface area contributed by atoms with Crippen LogP contribution in [-0.4, -0.2) is 43.4 Å². The highest BCUT2D eigenvalue weighted by Crippen LogP contribution is 2.29. The second kappa shape index (κ2) is 8.26. The number of hydrogen-bond acceptors (Lipinski definition) is 4. The molecule has 0 radical (unpaired) electrons. The zero-order chi connectivity index (χ0) is 16.8. The molecule has 1 heterocycles. The molecule has 1 aromatic carbocycles. The highest BCUT2D eigenvalue weighted by molar-refractivity contribution is 5.78. The second-order valence-corrected chi connectivity index (χ2v) is 5.85. The molecule has 6 heteroatoms. The van der Waals surface area contributed by atoms with Gasteiger partial charge >= 0.3 is 0 Å². The molecule has 1 aromatic rings. The van der Waals surface area contributed by atoms with Crippen molar-refractivity contribution >= 4 is 11.6 Å². The first-order valence-corrected chi connectivity index (χ1v) is 8.10. The summed E-state index contributed by atoms with van der Waals surface area (Å²) in [6.45, 7) is 5.58. The smallest absolute Gasteiger partial charge is 0.246 e. The van der Waals surface area contributed by atoms with Gasteiger partial charge in [-0.1, -0.05) is 0 Å². The van der Waals surface area contributed by atoms with Crippen LogP contribution in [0.2, 0.25) is 0 Å². The number of hydrogen-bond donors (Lipinski definition) is 2. The summed E-state index contributed by atoms with van der Waals surface area (Å²) in [6, 6.07) is 4.32. The highest BCUT2D eigenvalue weighted by atomic mass is 19.1. The van der Waals surface area contributed by atoms with Crippen LogP contribution in [0.15, 0.2) is 18.2 Å². The molecule has 1 saturated heterocycles. The number of rotatable bonds is 6. The normalized spacial score (nSPS) is 17.1. The standard InChI is InChI=1S/C17H25FN2O3/c1-3-23-11-17(22)19-12(2)15-10-13(18)4-5-16(15)20-8-6-14(21)7-9-20/h4-5,10,12,14,21H,3,6-9,11H2,1-2H3,(H,19,22)/t12-/m0/s1. The predicted octanol–water partition coefficient (Wildman–Crippen LogP) is 2.00. The Morgan fingerprint density at radius 2 is 2.17 bits per heavy atom. The van der Waals surface area contributed by atoms with Gasteiger partial charge in [-0.15, -0.1) is 0 Å². The zero-order valence-electron chi connectivity index (χ0n) is 13.7. The molecule has 128 valence electrons. The molecule has 0 aliphatic carbocycles. The Labute approximate surface area is 136 Å². The minimum Gasteiger partial charge on any atom is -0.393 e. The van der Waals surface area contributed by atoms with Gasteiger partial charge in [0, 0.05) is 30.9 Å². The van der Waals surface area contributed by atoms with E-state index in [0.717, 1.165) is 24.3 Å². The van der Waals surface area contributed by atoms with Crippen LogP contribution in [0, 0.1) is 5.82 Å². The Hall–Kier alpha value is -1.66. The minimum atomic E-state index is -0.327. The summed E-state index contributed by atoms with van der Waals surface area (Å²) in [4.78, 5) is 14.0. The minimum absolute atomic E-state index is 0.00138. The largest absolute Gasteiger partial charge is 0.393 e. The topological polar surface area (TPSA) is 61.8 Å². The van der Waals surface area contributed by atoms with Crippen LogP contribution < -0.4 is 10.2 Å². The quantitative estimate of drug-likeness (QED) is 0.840. The molecule has 0 spiro atoms. The van der Waals surface area contributed by atoms with E-state index in [-0.39, 0.29) is 30.5 Å². The third-order valence-electron chi connectivity index (χ3n) is 4.08. The van der Waals surface area contributed by atoms with E-state index in [0.29, 0.717) is 19.4 Å². The molecule has 2 rings (SSSR count). The predicted molar refractivity (Wildman–Crippen MR) is 86.9 cm³/mol. The van der Waals surface area contributed by atoms with Gasteiger partial charge in [0.05, 0.1) is 12.1 Å². The van der Waals surface area contributed by atoms with E-state index in [9.17, 15) is 14.3 Å². The average Bonchev–Trinajstić information content (AvgIpc) is 2.53. The number of ether oxygens (including phenoxy) is 1. The molecule has 0 bridgehead atoms. The molecule has 1 fully saturated rings. The molecule has 0 saturated carbocycles. The number of nitrogens with one attached hydrogen (secondary N) is 1. The Balaban J connectivity index is 2.13. The van der Waals surface area contributed by atoms with Crippen molar-refractivity contribution in [2.75, 3.05) is 31.2 Å². The molecule has 0 aromatic heterocycles. The highest BCUT2D eigenvalue weighted by Gasteiger charge is 2.22. The molecule has 1 atom stereocenters. The van der Waals surface area contributed by atoms with E-state index in [4.69, 9.17) is 4.74 Å². The van der Waals surface area contributed by atoms with Gasteiger partial charge in [0.25, 0.3) is 0 Å². The SMILES string of the molecule is CCOCC(=O)N[C@@H](C)c1cc(F)ccc1N1CCC(O)CC1. The number of piperidine rings is 1. The van der Waals surface area contributed by atoms with Crippen molar-refractivity contribution in [1.29, 1.82) is 0 Å². The monoisotopic (exact) mass is 324 g/mol. The van der Waals surface area contributed by atoms with E-state index in [1.165, 1.54) is 12.1 Å². The third kappa shape index (κ3) is 4.91. The lowest BCUT2D eigenvalue weighted by Gasteiger charge is -2.34. The molecule has 0 unspecified atom stereocenters. The summed E-state index contributed by atoms with van der Waals surface area (Å²) in [6.07, 6.45) is 1.13. The van der Waals surface area contributed by atoms with Crippen molar-refractivity contribution < 1.29 is 19.0 Å². The number of carbonyl (C=O) groups is 1. The first-order chi connectivity index (χ1) is 11.0. The van der Waals surface area contributed by atoms with Crippen molar-refractivity contribution in [3.05, 3.63) is 29.6 Å². The number of anilines is 1. The van der Waals surface area contributed by atoms with E-state index in [2.05, 4.69) is 10.2 Å². The molecule has 1 amide bonds. The molecular formula is C17H25FN2O3. The Morgan fingerprint density at radius 3 is 2.83 bits per heavy atom. The van der Waals surface area contributed by atoms with Gasteiger partial charge in [0.15, 0.2) is 0 Å². The number of aliphatic hydroxyl groups excluding tert-OH is 1. The maximum atomic E-state index is 13.7. The number of halogens is 1. The van der Waals surface area contributed by atoms with Crippen LogP contribution in [0.3, 0.4) is 0 Å². The number of benzene rings is 1. The van der Waals surface area contributed by atoms with Crippen LogP contribution in [0.5, 0.6) is 0 Å². The molecule has 2 N–H and O–H groups in total. The average molecular weight is 324 g/mol. The fourth-order valence-electron chi connectivity index (χ4n) is 2.82. The van der Waals surface area contributed by atoms with Crippen molar-refractivity contribution in [3.63, 3.8) is 0 Å². The van der Waals surface area contributed by atoms with Gasteiger partial charge < -0.3 is 20.1 Å². The van der Waals surface area contributed by atoms with Crippen LogP contribution in [0.25, 0.3) is 0 Å². The van der Waals surface area contributed by atoms with E-state index in [1.807, 2.05) is 13.8 Å². The summed E-state index contributed by atoms with van der Waals surface area (Å²) in [5, 5.41) is 12.5. The number of amides is 1. The first-order valence-electron chi connectivity index (χ1n) is 8.10. The summed E-state index contributed by atoms with van der Waals surface area (Å²) >= 11 is 0. The van der Waals surface area contributed by atoms with Gasteiger partial charge in [-0.3, -0.25) is 4.79 Å². The van der Waals surface area contributed by atoms with Crippen molar-refractivity contribution in [2.24, 2.45) is 0 Å². The summed E-state index contributed by atoms with van der Waals surface area (Å²) in [7, 11) is 0. The second-order valence-electron chi connectivity index (χ2n) is 5.85. The maximum absolute atomic E-state index is 13.7. The van der Waals surface area contributed by atoms with Gasteiger partial charge in [-0.25, -0.2) is 4.39 Å². The Morgan fingerprint density at radius 1 is 1.48 bits per heavy atom. The molecule has 5 nitrogen and oxygen atoms in total. The van der Waals surface area contributed by atoms with Crippen LogP contribution in [-0.2, 0) is 9.53 Å². The van der Waals surface area contributed by atoms with Crippen molar-refractivity contribution in [1.82, 2.24) is 5.32 Å². The molecule has 23 heavy (non-hydrogen) atoms. The van der Waals surface area contributed by atoms with Gasteiger partial charge in [-0.2, -0.15) is 0 Å². The number of carbonyl (C=O) groups excluding carboxylic acids is 1. The Bertz CT molecular complexity index is 531. The van der Waals surface area contributed by atoms with Crippen LogP contribution in [0.4, 0.5) is 10.1 Å². The summed E-state index contributed by atoms with van der Waals surface area (Å²) < 4.78 is 18.8. The lowest BCUT2D eigenvalue weighted by molar-refractivity contribution is -0.126. The molecule has 1 aliphatic rings. The van der Waals surface area contributed by atoms with Crippen LogP contribution >= 0.6 is 0 Å². The number of aliphatic hydroxyl groups is 1. The van der Waals surface area contributed by atoms with E-state index < -0.39 is 0 Å². The molecular weight excluding hydrogens is 299 g/mol. The van der Waals surface area contributed by atoms with Crippen LogP contribution in [0.1, 0.15) is 38.3 Å². The first kappa shape index (κ1) is 17.7. The lowest BCUT2D eigenvalue weighted by Crippen LogP contribution is -2.37. The fraction of sp³-hybridized carbons (Fsp3) is 0.588. The van der Waals surface area contributed by atoms with E-state index >= 15 is 0 Å². The van der Waals surface area contributed by atoms with Gasteiger partial charge in [0.1, 0.15) is 12.4 Å². The number of nitrogens with zero attached hydrogens (tertiary/aromatic N) is 1. The summed E-state index contributed by atoms with van der Waals surface area (Å²) in [5.74, 6) is -0.546. The maximum Gasteiger partial charge on any atom is 0.246 e. The third-order valence-corrected chi connectivity index (χ3v) is 4.08. The fourth-order valence-corrected chi connectivity index (χ4v) is 2.82. The van der Waals surface area contributed by atoms with Crippen molar-refractivity contribution in [3.8, 4) is 0 Å². The Kier molecular flexibility index (Phi) is 6.36. The summed E-state index contributed by atoms with van der Waals surface area (Å²) in [5.41, 5.74) is 1.65. The van der Waals surface area contributed by atoms with Crippen molar-refractivity contribution in [2.45, 2.75) is 38.8 Å². The van der Waals surface area contributed by atoms with E-state index in [1.54, 1.807) is 6.07 Å². The lowest BCUT2D eigenvalue weighted by atomic mass is 10.0.